The molecular formula is C22H24N2O5S. The zero-order valence-corrected chi connectivity index (χ0v) is 17.8. The van der Waals surface area contributed by atoms with Crippen molar-refractivity contribution in [3.8, 4) is 22.4 Å². The highest BCUT2D eigenvalue weighted by atomic mass is 32.1. The standard InChI is InChI=1S/C22H24N2O5S/c1-26-15-3-5-16(6-4-15)28-14-21(25)24-11-9-17(10-12-24)29-22-23-19-13-18(27-2)7-8-20(19)30-22/h3-8,13,17H,9-12,14H2,1-2H3. The monoisotopic (exact) mass is 428 g/mol. The molecule has 2 heterocycles. The Balaban J connectivity index is 1.25. The van der Waals surface area contributed by atoms with Crippen molar-refractivity contribution in [1.29, 1.82) is 0 Å². The minimum Gasteiger partial charge on any atom is -0.497 e. The maximum atomic E-state index is 12.5. The molecule has 0 unspecified atom stereocenters. The van der Waals surface area contributed by atoms with Crippen LogP contribution >= 0.6 is 11.3 Å². The maximum Gasteiger partial charge on any atom is 0.274 e. The number of thiazole rings is 1. The largest absolute Gasteiger partial charge is 0.497 e. The van der Waals surface area contributed by atoms with E-state index in [9.17, 15) is 4.79 Å². The van der Waals surface area contributed by atoms with Gasteiger partial charge in [0.05, 0.1) is 24.4 Å². The number of aromatic nitrogens is 1. The molecule has 0 atom stereocenters. The summed E-state index contributed by atoms with van der Waals surface area (Å²) in [6.07, 6.45) is 1.60. The van der Waals surface area contributed by atoms with Crippen molar-refractivity contribution in [3.63, 3.8) is 0 Å². The molecule has 0 bridgehead atoms. The smallest absolute Gasteiger partial charge is 0.274 e. The number of methoxy groups -OCH3 is 2. The molecule has 158 valence electrons. The molecule has 7 nitrogen and oxygen atoms in total. The Morgan fingerprint density at radius 1 is 1.03 bits per heavy atom. The molecule has 1 saturated heterocycles. The molecule has 1 aromatic heterocycles. The Bertz CT molecular complexity index is 996. The van der Waals surface area contributed by atoms with Crippen LogP contribution in [0.5, 0.6) is 22.4 Å². The summed E-state index contributed by atoms with van der Waals surface area (Å²) in [5, 5.41) is 0.658. The first-order chi connectivity index (χ1) is 14.6. The number of carbonyl (C=O) groups is 1. The SMILES string of the molecule is COc1ccc(OCC(=O)N2CCC(Oc3nc4cc(OC)ccc4s3)CC2)cc1. The molecule has 0 aliphatic carbocycles. The van der Waals surface area contributed by atoms with Crippen molar-refractivity contribution in [1.82, 2.24) is 9.88 Å². The highest BCUT2D eigenvalue weighted by Gasteiger charge is 2.25. The fraction of sp³-hybridized carbons (Fsp3) is 0.364. The van der Waals surface area contributed by atoms with Crippen molar-refractivity contribution in [2.24, 2.45) is 0 Å². The summed E-state index contributed by atoms with van der Waals surface area (Å²) in [6, 6.07) is 13.0. The van der Waals surface area contributed by atoms with Crippen molar-refractivity contribution >= 4 is 27.5 Å². The molecule has 1 amide bonds. The van der Waals surface area contributed by atoms with Crippen LogP contribution in [0.2, 0.25) is 0 Å². The van der Waals surface area contributed by atoms with Crippen molar-refractivity contribution in [3.05, 3.63) is 42.5 Å². The van der Waals surface area contributed by atoms with Gasteiger partial charge < -0.3 is 23.8 Å². The minimum absolute atomic E-state index is 0.0173. The molecule has 30 heavy (non-hydrogen) atoms. The zero-order valence-electron chi connectivity index (χ0n) is 17.0. The molecule has 0 spiro atoms. The molecule has 0 radical (unpaired) electrons. The Morgan fingerprint density at radius 2 is 1.70 bits per heavy atom. The Hall–Kier alpha value is -3.00. The van der Waals surface area contributed by atoms with E-state index in [2.05, 4.69) is 4.98 Å². The molecule has 2 aromatic carbocycles. The van der Waals surface area contributed by atoms with E-state index in [1.165, 1.54) is 11.3 Å². The van der Waals surface area contributed by atoms with Gasteiger partial charge in [-0.05, 0) is 36.4 Å². The first kappa shape index (κ1) is 20.3. The number of nitrogens with zero attached hydrogens (tertiary/aromatic N) is 2. The molecular weight excluding hydrogens is 404 g/mol. The van der Waals surface area contributed by atoms with Gasteiger partial charge in [0, 0.05) is 32.0 Å². The summed E-state index contributed by atoms with van der Waals surface area (Å²) in [7, 11) is 3.25. The van der Waals surface area contributed by atoms with Crippen LogP contribution in [0.25, 0.3) is 10.2 Å². The molecule has 1 aliphatic rings. The topological polar surface area (TPSA) is 70.1 Å². The highest BCUT2D eigenvalue weighted by molar-refractivity contribution is 7.20. The van der Waals surface area contributed by atoms with Gasteiger partial charge in [-0.1, -0.05) is 11.3 Å². The summed E-state index contributed by atoms with van der Waals surface area (Å²) in [5.74, 6) is 2.16. The molecule has 1 aliphatic heterocycles. The molecule has 0 N–H and O–H groups in total. The molecule has 0 saturated carbocycles. The van der Waals surface area contributed by atoms with Gasteiger partial charge in [-0.15, -0.1) is 0 Å². The van der Waals surface area contributed by atoms with Crippen LogP contribution in [0, 0.1) is 0 Å². The summed E-state index contributed by atoms with van der Waals surface area (Å²) >= 11 is 1.53. The van der Waals surface area contributed by atoms with E-state index in [-0.39, 0.29) is 18.6 Å². The van der Waals surface area contributed by atoms with Gasteiger partial charge in [0.15, 0.2) is 6.61 Å². The van der Waals surface area contributed by atoms with E-state index < -0.39 is 0 Å². The zero-order chi connectivity index (χ0) is 20.9. The Kier molecular flexibility index (Phi) is 6.23. The summed E-state index contributed by atoms with van der Waals surface area (Å²) < 4.78 is 23.1. The van der Waals surface area contributed by atoms with E-state index >= 15 is 0 Å². The van der Waals surface area contributed by atoms with Crippen LogP contribution < -0.4 is 18.9 Å². The number of fused-ring (bicyclic) bond motifs is 1. The third kappa shape index (κ3) is 4.76. The van der Waals surface area contributed by atoms with Gasteiger partial charge in [0.1, 0.15) is 23.4 Å². The summed E-state index contributed by atoms with van der Waals surface area (Å²) in [4.78, 5) is 18.8. The Morgan fingerprint density at radius 3 is 2.40 bits per heavy atom. The number of hydrogen-bond acceptors (Lipinski definition) is 7. The molecule has 4 rings (SSSR count). The van der Waals surface area contributed by atoms with Gasteiger partial charge in [-0.2, -0.15) is 0 Å². The van der Waals surface area contributed by atoms with Gasteiger partial charge in [0.2, 0.25) is 0 Å². The second-order valence-corrected chi connectivity index (χ2v) is 7.97. The van der Waals surface area contributed by atoms with Gasteiger partial charge in [0.25, 0.3) is 11.1 Å². The molecule has 3 aromatic rings. The van der Waals surface area contributed by atoms with Crippen LogP contribution in [-0.4, -0.2) is 55.8 Å². The van der Waals surface area contributed by atoms with Crippen LogP contribution in [-0.2, 0) is 4.79 Å². The average Bonchev–Trinajstić information content (AvgIpc) is 3.19. The lowest BCUT2D eigenvalue weighted by Crippen LogP contribution is -2.43. The number of benzene rings is 2. The third-order valence-electron chi connectivity index (χ3n) is 5.06. The number of hydrogen-bond donors (Lipinski definition) is 0. The first-order valence-electron chi connectivity index (χ1n) is 9.80. The van der Waals surface area contributed by atoms with Gasteiger partial charge in [-0.25, -0.2) is 4.98 Å². The second-order valence-electron chi connectivity index (χ2n) is 6.98. The second kappa shape index (κ2) is 9.21. The highest BCUT2D eigenvalue weighted by Crippen LogP contribution is 2.32. The third-order valence-corrected chi connectivity index (χ3v) is 5.99. The number of carbonyl (C=O) groups excluding carboxylic acids is 1. The predicted molar refractivity (Wildman–Crippen MR) is 115 cm³/mol. The quantitative estimate of drug-likeness (QED) is 0.571. The maximum absolute atomic E-state index is 12.5. The van der Waals surface area contributed by atoms with Crippen molar-refractivity contribution < 1.29 is 23.7 Å². The normalized spacial score (nSPS) is 14.5. The lowest BCUT2D eigenvalue weighted by atomic mass is 10.1. The van der Waals surface area contributed by atoms with E-state index in [4.69, 9.17) is 18.9 Å². The number of likely N-dealkylation sites (tertiary alicyclic amines) is 1. The van der Waals surface area contributed by atoms with Gasteiger partial charge >= 0.3 is 0 Å². The summed E-state index contributed by atoms with van der Waals surface area (Å²) in [6.45, 7) is 1.32. The van der Waals surface area contributed by atoms with E-state index in [0.29, 0.717) is 24.0 Å². The Labute approximate surface area is 179 Å². The number of rotatable bonds is 7. The van der Waals surface area contributed by atoms with E-state index in [1.807, 2.05) is 23.1 Å². The lowest BCUT2D eigenvalue weighted by Gasteiger charge is -2.31. The van der Waals surface area contributed by atoms with Crippen molar-refractivity contribution in [2.75, 3.05) is 33.9 Å². The number of ether oxygens (including phenoxy) is 4. The van der Waals surface area contributed by atoms with Crippen LogP contribution in [0.4, 0.5) is 0 Å². The van der Waals surface area contributed by atoms with E-state index in [1.54, 1.807) is 38.5 Å². The fourth-order valence-electron chi connectivity index (χ4n) is 3.34. The number of piperidine rings is 1. The van der Waals surface area contributed by atoms with Crippen molar-refractivity contribution in [2.45, 2.75) is 18.9 Å². The number of amides is 1. The average molecular weight is 429 g/mol. The van der Waals surface area contributed by atoms with Crippen LogP contribution in [0.1, 0.15) is 12.8 Å². The lowest BCUT2D eigenvalue weighted by molar-refractivity contribution is -0.135. The van der Waals surface area contributed by atoms with Gasteiger partial charge in [-0.3, -0.25) is 4.79 Å². The van der Waals surface area contributed by atoms with E-state index in [0.717, 1.165) is 34.6 Å². The molecule has 1 fully saturated rings. The predicted octanol–water partition coefficient (Wildman–Crippen LogP) is 3.76. The molecule has 8 heteroatoms. The van der Waals surface area contributed by atoms with Crippen LogP contribution in [0.15, 0.2) is 42.5 Å². The fourth-order valence-corrected chi connectivity index (χ4v) is 4.20. The summed E-state index contributed by atoms with van der Waals surface area (Å²) in [5.41, 5.74) is 0.873. The minimum atomic E-state index is -0.0173. The first-order valence-corrected chi connectivity index (χ1v) is 10.6. The van der Waals surface area contributed by atoms with Crippen LogP contribution in [0.3, 0.4) is 0 Å².